The molecule has 0 saturated carbocycles. The van der Waals surface area contributed by atoms with Crippen molar-refractivity contribution in [3.63, 3.8) is 0 Å². The van der Waals surface area contributed by atoms with Crippen LogP contribution < -0.4 is 17.0 Å². The van der Waals surface area contributed by atoms with E-state index in [1.54, 1.807) is 0 Å². The van der Waals surface area contributed by atoms with Gasteiger partial charge in [-0.1, -0.05) is 6.92 Å². The first kappa shape index (κ1) is 7.88. The third-order valence-electron chi connectivity index (χ3n) is 1.24. The second kappa shape index (κ2) is 5.03. The predicted octanol–water partition coefficient (Wildman–Crippen LogP) is -0.423. The Morgan fingerprint density at radius 3 is 2.38 bits per heavy atom. The molecule has 0 aliphatic heterocycles. The van der Waals surface area contributed by atoms with Crippen LogP contribution in [0.4, 0.5) is 0 Å². The van der Waals surface area contributed by atoms with Gasteiger partial charge in [0.1, 0.15) is 0 Å². The standard InChI is InChI=1S/C5H15N3/c1-2-5(8-7)3-4-6/h5,8H,2-4,6-7H2,1H3. The third kappa shape index (κ3) is 2.96. The van der Waals surface area contributed by atoms with Gasteiger partial charge in [0.2, 0.25) is 0 Å². The zero-order valence-electron chi connectivity index (χ0n) is 5.35. The molecule has 0 amide bonds. The lowest BCUT2D eigenvalue weighted by molar-refractivity contribution is 0.487. The molecule has 0 heterocycles. The molecule has 0 saturated heterocycles. The lowest BCUT2D eigenvalue weighted by atomic mass is 10.2. The molecule has 0 rings (SSSR count). The number of hydrazine groups is 1. The molecule has 8 heavy (non-hydrogen) atoms. The maximum Gasteiger partial charge on any atom is 0.0219 e. The molecular formula is C5H15N3. The monoisotopic (exact) mass is 117 g/mol. The summed E-state index contributed by atoms with van der Waals surface area (Å²) in [5, 5.41) is 0. The number of hydrogen-bond acceptors (Lipinski definition) is 3. The van der Waals surface area contributed by atoms with Crippen LogP contribution in [-0.4, -0.2) is 12.6 Å². The van der Waals surface area contributed by atoms with Crippen LogP contribution in [0.2, 0.25) is 0 Å². The topological polar surface area (TPSA) is 64.1 Å². The van der Waals surface area contributed by atoms with Gasteiger partial charge in [-0.15, -0.1) is 0 Å². The molecule has 50 valence electrons. The van der Waals surface area contributed by atoms with Crippen LogP contribution in [0.5, 0.6) is 0 Å². The lowest BCUT2D eigenvalue weighted by Crippen LogP contribution is -2.35. The zero-order valence-corrected chi connectivity index (χ0v) is 5.35. The number of hydrogen-bond donors (Lipinski definition) is 3. The summed E-state index contributed by atoms with van der Waals surface area (Å²) < 4.78 is 0. The summed E-state index contributed by atoms with van der Waals surface area (Å²) in [6.07, 6.45) is 2.01. The normalized spacial score (nSPS) is 13.9. The van der Waals surface area contributed by atoms with E-state index in [-0.39, 0.29) is 0 Å². The van der Waals surface area contributed by atoms with E-state index in [0.29, 0.717) is 12.6 Å². The Morgan fingerprint density at radius 1 is 1.62 bits per heavy atom. The Bertz CT molecular complexity index is 42.9. The fourth-order valence-corrected chi connectivity index (χ4v) is 0.606. The largest absolute Gasteiger partial charge is 0.330 e. The van der Waals surface area contributed by atoms with Crippen molar-refractivity contribution in [3.05, 3.63) is 0 Å². The molecule has 1 unspecified atom stereocenters. The Labute approximate surface area is 50.4 Å². The minimum Gasteiger partial charge on any atom is -0.330 e. The van der Waals surface area contributed by atoms with Crippen molar-refractivity contribution in [2.75, 3.05) is 6.54 Å². The second-order valence-electron chi connectivity index (χ2n) is 1.85. The first-order valence-corrected chi connectivity index (χ1v) is 3.01. The highest BCUT2D eigenvalue weighted by Crippen LogP contribution is 1.91. The van der Waals surface area contributed by atoms with Gasteiger partial charge in [0.25, 0.3) is 0 Å². The summed E-state index contributed by atoms with van der Waals surface area (Å²) in [6.45, 7) is 2.79. The van der Waals surface area contributed by atoms with Gasteiger partial charge in [0, 0.05) is 6.04 Å². The maximum atomic E-state index is 5.28. The molecule has 0 aliphatic rings. The Kier molecular flexibility index (Phi) is 4.95. The molecule has 0 aromatic carbocycles. The summed E-state index contributed by atoms with van der Waals surface area (Å²) in [5.74, 6) is 5.16. The molecule has 3 heteroatoms. The molecule has 1 atom stereocenters. The highest BCUT2D eigenvalue weighted by molar-refractivity contribution is 4.59. The minimum atomic E-state index is 0.403. The van der Waals surface area contributed by atoms with Crippen molar-refractivity contribution < 1.29 is 0 Å². The Morgan fingerprint density at radius 2 is 2.25 bits per heavy atom. The van der Waals surface area contributed by atoms with Gasteiger partial charge < -0.3 is 5.73 Å². The smallest absolute Gasteiger partial charge is 0.0219 e. The number of nitrogens with one attached hydrogen (secondary N) is 1. The summed E-state index contributed by atoms with van der Waals surface area (Å²) in [5.41, 5.74) is 7.96. The molecule has 0 fully saturated rings. The fourth-order valence-electron chi connectivity index (χ4n) is 0.606. The summed E-state index contributed by atoms with van der Waals surface area (Å²) >= 11 is 0. The molecule has 0 aromatic rings. The van der Waals surface area contributed by atoms with Crippen LogP contribution in [-0.2, 0) is 0 Å². The van der Waals surface area contributed by atoms with Crippen LogP contribution >= 0.6 is 0 Å². The SMILES string of the molecule is CCC(CCN)NN. The average Bonchev–Trinajstić information content (AvgIpc) is 1.83. The number of rotatable bonds is 4. The van der Waals surface area contributed by atoms with Gasteiger partial charge in [0.15, 0.2) is 0 Å². The average molecular weight is 117 g/mol. The Balaban J connectivity index is 3.07. The van der Waals surface area contributed by atoms with Crippen molar-refractivity contribution >= 4 is 0 Å². The highest BCUT2D eigenvalue weighted by Gasteiger charge is 1.98. The lowest BCUT2D eigenvalue weighted by Gasteiger charge is -2.10. The molecule has 0 bridgehead atoms. The van der Waals surface area contributed by atoms with E-state index in [9.17, 15) is 0 Å². The van der Waals surface area contributed by atoms with Crippen molar-refractivity contribution in [2.45, 2.75) is 25.8 Å². The van der Waals surface area contributed by atoms with Gasteiger partial charge in [-0.3, -0.25) is 11.3 Å². The molecule has 0 aromatic heterocycles. The van der Waals surface area contributed by atoms with E-state index in [0.717, 1.165) is 12.8 Å². The molecule has 0 spiro atoms. The van der Waals surface area contributed by atoms with Gasteiger partial charge in [-0.25, -0.2) is 0 Å². The van der Waals surface area contributed by atoms with E-state index >= 15 is 0 Å². The fraction of sp³-hybridized carbons (Fsp3) is 1.00. The van der Waals surface area contributed by atoms with E-state index in [2.05, 4.69) is 12.3 Å². The molecule has 0 radical (unpaired) electrons. The van der Waals surface area contributed by atoms with Gasteiger partial charge in [-0.05, 0) is 19.4 Å². The molecular weight excluding hydrogens is 102 g/mol. The van der Waals surface area contributed by atoms with Gasteiger partial charge in [-0.2, -0.15) is 0 Å². The number of nitrogens with two attached hydrogens (primary N) is 2. The predicted molar refractivity (Wildman–Crippen MR) is 35.1 cm³/mol. The second-order valence-corrected chi connectivity index (χ2v) is 1.85. The molecule has 0 aliphatic carbocycles. The summed E-state index contributed by atoms with van der Waals surface area (Å²) in [6, 6.07) is 0.403. The highest BCUT2D eigenvalue weighted by atomic mass is 15.2. The Hall–Kier alpha value is -0.120. The molecule has 3 nitrogen and oxygen atoms in total. The third-order valence-corrected chi connectivity index (χ3v) is 1.24. The van der Waals surface area contributed by atoms with E-state index in [1.165, 1.54) is 0 Å². The molecule has 5 N–H and O–H groups in total. The van der Waals surface area contributed by atoms with Crippen LogP contribution in [0, 0.1) is 0 Å². The van der Waals surface area contributed by atoms with Crippen LogP contribution in [0.3, 0.4) is 0 Å². The van der Waals surface area contributed by atoms with E-state index < -0.39 is 0 Å². The zero-order chi connectivity index (χ0) is 6.41. The van der Waals surface area contributed by atoms with Crippen LogP contribution in [0.1, 0.15) is 19.8 Å². The summed E-state index contributed by atoms with van der Waals surface area (Å²) in [4.78, 5) is 0. The van der Waals surface area contributed by atoms with Gasteiger partial charge >= 0.3 is 0 Å². The van der Waals surface area contributed by atoms with Crippen molar-refractivity contribution in [1.29, 1.82) is 0 Å². The van der Waals surface area contributed by atoms with Crippen LogP contribution in [0.15, 0.2) is 0 Å². The van der Waals surface area contributed by atoms with Gasteiger partial charge in [0.05, 0.1) is 0 Å². The van der Waals surface area contributed by atoms with Crippen molar-refractivity contribution in [1.82, 2.24) is 5.43 Å². The first-order chi connectivity index (χ1) is 3.85. The minimum absolute atomic E-state index is 0.403. The van der Waals surface area contributed by atoms with Crippen LogP contribution in [0.25, 0.3) is 0 Å². The van der Waals surface area contributed by atoms with Crippen molar-refractivity contribution in [3.8, 4) is 0 Å². The summed E-state index contributed by atoms with van der Waals surface area (Å²) in [7, 11) is 0. The first-order valence-electron chi connectivity index (χ1n) is 3.01. The van der Waals surface area contributed by atoms with Crippen molar-refractivity contribution in [2.24, 2.45) is 11.6 Å². The van der Waals surface area contributed by atoms with E-state index in [1.807, 2.05) is 0 Å². The van der Waals surface area contributed by atoms with E-state index in [4.69, 9.17) is 11.6 Å². The maximum absolute atomic E-state index is 5.28. The quantitative estimate of drug-likeness (QED) is 0.346.